The third-order valence-electron chi connectivity index (χ3n) is 3.90. The van der Waals surface area contributed by atoms with Crippen molar-refractivity contribution in [3.05, 3.63) is 36.0 Å². The zero-order valence-electron chi connectivity index (χ0n) is 12.5. The smallest absolute Gasteiger partial charge is 0.228 e. The molecule has 1 aliphatic rings. The molecule has 2 heterocycles. The summed E-state index contributed by atoms with van der Waals surface area (Å²) in [6.45, 7) is 3.82. The molecule has 1 amide bonds. The van der Waals surface area contributed by atoms with Gasteiger partial charge in [-0.05, 0) is 50.1 Å². The predicted octanol–water partition coefficient (Wildman–Crippen LogP) is 3.32. The monoisotopic (exact) mass is 341 g/mol. The SMILES string of the molecule is Cc1ccc(NC(=O)C2CCCNC2)c2cccnc12.Cl.Cl. The van der Waals surface area contributed by atoms with Crippen LogP contribution < -0.4 is 10.6 Å². The largest absolute Gasteiger partial charge is 0.325 e. The van der Waals surface area contributed by atoms with E-state index >= 15 is 0 Å². The maximum atomic E-state index is 12.3. The number of rotatable bonds is 2. The molecule has 1 aliphatic heterocycles. The Morgan fingerprint density at radius 2 is 2.14 bits per heavy atom. The molecule has 1 aromatic carbocycles. The number of fused-ring (bicyclic) bond motifs is 1. The van der Waals surface area contributed by atoms with Crippen molar-refractivity contribution >= 4 is 47.3 Å². The van der Waals surface area contributed by atoms with Crippen molar-refractivity contribution in [2.45, 2.75) is 19.8 Å². The molecular formula is C16H21Cl2N3O. The van der Waals surface area contributed by atoms with Gasteiger partial charge in [-0.1, -0.05) is 6.07 Å². The average Bonchev–Trinajstić information content (AvgIpc) is 2.51. The fraction of sp³-hybridized carbons (Fsp3) is 0.375. The minimum Gasteiger partial charge on any atom is -0.325 e. The van der Waals surface area contributed by atoms with Gasteiger partial charge in [-0.3, -0.25) is 9.78 Å². The van der Waals surface area contributed by atoms with Crippen molar-refractivity contribution in [1.82, 2.24) is 10.3 Å². The second kappa shape index (κ2) is 8.32. The molecule has 2 aromatic rings. The maximum absolute atomic E-state index is 12.3. The quantitative estimate of drug-likeness (QED) is 0.880. The first-order valence-corrected chi connectivity index (χ1v) is 7.11. The van der Waals surface area contributed by atoms with Crippen molar-refractivity contribution in [1.29, 1.82) is 0 Å². The van der Waals surface area contributed by atoms with Crippen LogP contribution in [0.25, 0.3) is 10.9 Å². The van der Waals surface area contributed by atoms with E-state index in [2.05, 4.69) is 15.6 Å². The van der Waals surface area contributed by atoms with Crippen LogP contribution in [0.1, 0.15) is 18.4 Å². The molecule has 0 bridgehead atoms. The van der Waals surface area contributed by atoms with E-state index in [1.165, 1.54) is 0 Å². The lowest BCUT2D eigenvalue weighted by molar-refractivity contribution is -0.120. The Labute approximate surface area is 142 Å². The molecule has 2 N–H and O–H groups in total. The highest BCUT2D eigenvalue weighted by atomic mass is 35.5. The Morgan fingerprint density at radius 1 is 1.32 bits per heavy atom. The second-order valence-corrected chi connectivity index (χ2v) is 5.36. The topological polar surface area (TPSA) is 54.0 Å². The van der Waals surface area contributed by atoms with Crippen LogP contribution in [0, 0.1) is 12.8 Å². The minimum atomic E-state index is 0. The number of piperidine rings is 1. The fourth-order valence-corrected chi connectivity index (χ4v) is 2.73. The lowest BCUT2D eigenvalue weighted by Gasteiger charge is -2.22. The molecule has 1 saturated heterocycles. The van der Waals surface area contributed by atoms with Crippen LogP contribution in [0.15, 0.2) is 30.5 Å². The second-order valence-electron chi connectivity index (χ2n) is 5.36. The van der Waals surface area contributed by atoms with Crippen molar-refractivity contribution in [2.24, 2.45) is 5.92 Å². The number of amides is 1. The van der Waals surface area contributed by atoms with Gasteiger partial charge in [0, 0.05) is 18.1 Å². The summed E-state index contributed by atoms with van der Waals surface area (Å²) in [5.41, 5.74) is 2.93. The number of nitrogens with one attached hydrogen (secondary N) is 2. The fourth-order valence-electron chi connectivity index (χ4n) is 2.73. The van der Waals surface area contributed by atoms with Crippen LogP contribution in [0.2, 0.25) is 0 Å². The zero-order valence-corrected chi connectivity index (χ0v) is 14.1. The van der Waals surface area contributed by atoms with E-state index in [4.69, 9.17) is 0 Å². The van der Waals surface area contributed by atoms with Crippen LogP contribution in [-0.2, 0) is 4.79 Å². The van der Waals surface area contributed by atoms with Gasteiger partial charge in [-0.15, -0.1) is 24.8 Å². The Kier molecular flexibility index (Phi) is 7.07. The van der Waals surface area contributed by atoms with Crippen LogP contribution in [0.5, 0.6) is 0 Å². The van der Waals surface area contributed by atoms with E-state index in [1.807, 2.05) is 31.2 Å². The van der Waals surface area contributed by atoms with E-state index in [0.717, 1.165) is 48.1 Å². The molecule has 1 atom stereocenters. The summed E-state index contributed by atoms with van der Waals surface area (Å²) in [5.74, 6) is 0.169. The Hall–Kier alpha value is -1.36. The lowest BCUT2D eigenvalue weighted by atomic mass is 9.98. The number of aromatic nitrogens is 1. The number of carbonyl (C=O) groups is 1. The first kappa shape index (κ1) is 18.7. The van der Waals surface area contributed by atoms with Gasteiger partial charge in [-0.25, -0.2) is 0 Å². The minimum absolute atomic E-state index is 0. The number of pyridine rings is 1. The highest BCUT2D eigenvalue weighted by Gasteiger charge is 2.21. The molecule has 0 aliphatic carbocycles. The van der Waals surface area contributed by atoms with Crippen molar-refractivity contribution in [2.75, 3.05) is 18.4 Å². The van der Waals surface area contributed by atoms with Crippen LogP contribution in [0.4, 0.5) is 5.69 Å². The summed E-state index contributed by atoms with van der Waals surface area (Å²) in [6.07, 6.45) is 3.81. The van der Waals surface area contributed by atoms with Gasteiger partial charge in [0.05, 0.1) is 17.1 Å². The number of nitrogens with zero attached hydrogens (tertiary/aromatic N) is 1. The van der Waals surface area contributed by atoms with Gasteiger partial charge in [0.1, 0.15) is 0 Å². The lowest BCUT2D eigenvalue weighted by Crippen LogP contribution is -2.37. The summed E-state index contributed by atoms with van der Waals surface area (Å²) in [6, 6.07) is 7.88. The van der Waals surface area contributed by atoms with E-state index < -0.39 is 0 Å². The number of benzene rings is 1. The molecule has 6 heteroatoms. The van der Waals surface area contributed by atoms with E-state index in [0.29, 0.717) is 0 Å². The molecule has 1 unspecified atom stereocenters. The van der Waals surface area contributed by atoms with Crippen molar-refractivity contribution < 1.29 is 4.79 Å². The van der Waals surface area contributed by atoms with Gasteiger partial charge in [0.25, 0.3) is 0 Å². The maximum Gasteiger partial charge on any atom is 0.228 e. The molecule has 1 aromatic heterocycles. The van der Waals surface area contributed by atoms with Crippen LogP contribution in [-0.4, -0.2) is 24.0 Å². The van der Waals surface area contributed by atoms with Crippen molar-refractivity contribution in [3.8, 4) is 0 Å². The molecule has 4 nitrogen and oxygen atoms in total. The normalized spacial score (nSPS) is 17.2. The third-order valence-corrected chi connectivity index (χ3v) is 3.90. The average molecular weight is 342 g/mol. The van der Waals surface area contributed by atoms with E-state index in [9.17, 15) is 4.79 Å². The molecule has 120 valence electrons. The standard InChI is InChI=1S/C16H19N3O.2ClH/c1-11-6-7-14(13-5-3-9-18-15(11)13)19-16(20)12-4-2-8-17-10-12;;/h3,5-7,9,12,17H,2,4,8,10H2,1H3,(H,19,20);2*1H. The van der Waals surface area contributed by atoms with E-state index in [1.54, 1.807) is 6.20 Å². The van der Waals surface area contributed by atoms with Gasteiger partial charge >= 0.3 is 0 Å². The Morgan fingerprint density at radius 3 is 2.86 bits per heavy atom. The molecule has 22 heavy (non-hydrogen) atoms. The third kappa shape index (κ3) is 3.88. The molecular weight excluding hydrogens is 321 g/mol. The molecule has 0 radical (unpaired) electrons. The number of aryl methyl sites for hydroxylation is 1. The number of hydrogen-bond donors (Lipinski definition) is 2. The van der Waals surface area contributed by atoms with Crippen LogP contribution >= 0.6 is 24.8 Å². The summed E-state index contributed by atoms with van der Waals surface area (Å²) >= 11 is 0. The van der Waals surface area contributed by atoms with Gasteiger partial charge < -0.3 is 10.6 Å². The van der Waals surface area contributed by atoms with E-state index in [-0.39, 0.29) is 36.6 Å². The highest BCUT2D eigenvalue weighted by molar-refractivity contribution is 6.02. The Balaban J connectivity index is 0.00000121. The summed E-state index contributed by atoms with van der Waals surface area (Å²) < 4.78 is 0. The molecule has 0 spiro atoms. The number of halogens is 2. The number of hydrogen-bond acceptors (Lipinski definition) is 3. The molecule has 0 saturated carbocycles. The van der Waals surface area contributed by atoms with Crippen LogP contribution in [0.3, 0.4) is 0 Å². The number of anilines is 1. The number of carbonyl (C=O) groups excluding carboxylic acids is 1. The molecule has 1 fully saturated rings. The Bertz CT molecular complexity index is 642. The molecule has 3 rings (SSSR count). The highest BCUT2D eigenvalue weighted by Crippen LogP contribution is 2.25. The summed E-state index contributed by atoms with van der Waals surface area (Å²) in [4.78, 5) is 16.7. The predicted molar refractivity (Wildman–Crippen MR) is 95.2 cm³/mol. The van der Waals surface area contributed by atoms with Gasteiger partial charge in [-0.2, -0.15) is 0 Å². The summed E-state index contributed by atoms with van der Waals surface area (Å²) in [7, 11) is 0. The van der Waals surface area contributed by atoms with Gasteiger partial charge in [0.2, 0.25) is 5.91 Å². The van der Waals surface area contributed by atoms with Gasteiger partial charge in [0.15, 0.2) is 0 Å². The first-order valence-electron chi connectivity index (χ1n) is 7.11. The summed E-state index contributed by atoms with van der Waals surface area (Å²) in [5, 5.41) is 7.34. The van der Waals surface area contributed by atoms with Crippen molar-refractivity contribution in [3.63, 3.8) is 0 Å². The first-order chi connectivity index (χ1) is 9.75. The zero-order chi connectivity index (χ0) is 13.9.